The predicted molar refractivity (Wildman–Crippen MR) is 131 cm³/mol. The maximum Gasteiger partial charge on any atom is 0.240 e. The zero-order chi connectivity index (χ0) is 26.1. The van der Waals surface area contributed by atoms with Gasteiger partial charge < -0.3 is 25.6 Å². The van der Waals surface area contributed by atoms with Crippen molar-refractivity contribution >= 4 is 17.5 Å². The summed E-state index contributed by atoms with van der Waals surface area (Å²) < 4.78 is 13.0. The molecule has 1 amide bonds. The van der Waals surface area contributed by atoms with Gasteiger partial charge in [-0.25, -0.2) is 4.68 Å². The number of nitrogens with zero attached hydrogens (tertiary/aromatic N) is 5. The fourth-order valence-corrected chi connectivity index (χ4v) is 3.44. The normalized spacial score (nSPS) is 13.0. The highest BCUT2D eigenvalue weighted by Crippen LogP contribution is 2.26. The van der Waals surface area contributed by atoms with E-state index in [0.717, 1.165) is 5.56 Å². The van der Waals surface area contributed by atoms with Gasteiger partial charge in [0, 0.05) is 5.02 Å². The van der Waals surface area contributed by atoms with Crippen molar-refractivity contribution in [1.82, 2.24) is 25.5 Å². The molecule has 0 radical (unpaired) electrons. The molecule has 0 fully saturated rings. The van der Waals surface area contributed by atoms with Gasteiger partial charge in [-0.05, 0) is 54.1 Å². The van der Waals surface area contributed by atoms with E-state index in [4.69, 9.17) is 26.8 Å². The number of amides is 1. The smallest absolute Gasteiger partial charge is 0.240 e. The molecule has 3 rings (SSSR count). The fraction of sp³-hybridized carbons (Fsp3) is 0.375. The average Bonchev–Trinajstić information content (AvgIpc) is 3.31. The van der Waals surface area contributed by atoms with E-state index in [9.17, 15) is 15.2 Å². The number of halogens is 1. The van der Waals surface area contributed by atoms with Gasteiger partial charge in [-0.3, -0.25) is 4.79 Å². The number of hydrogen-bond donors (Lipinski definition) is 3. The number of hydrogen-bond acceptors (Lipinski definition) is 9. The molecule has 2 atom stereocenters. The number of nitrogens with two attached hydrogens (primary N) is 1. The van der Waals surface area contributed by atoms with Crippen LogP contribution in [-0.2, 0) is 16.1 Å². The van der Waals surface area contributed by atoms with Crippen molar-refractivity contribution in [2.24, 2.45) is 5.73 Å². The molecule has 1 heterocycles. The first-order valence-corrected chi connectivity index (χ1v) is 11.5. The van der Waals surface area contributed by atoms with Crippen molar-refractivity contribution in [2.45, 2.75) is 44.5 Å². The van der Waals surface area contributed by atoms with Gasteiger partial charge in [-0.15, -0.1) is 5.10 Å². The summed E-state index contributed by atoms with van der Waals surface area (Å²) in [5.74, 6) is 0.0556. The van der Waals surface area contributed by atoms with Crippen LogP contribution in [0.4, 0.5) is 0 Å². The Morgan fingerprint density at radius 1 is 1.28 bits per heavy atom. The molecule has 12 heteroatoms. The third-order valence-corrected chi connectivity index (χ3v) is 5.37. The highest BCUT2D eigenvalue weighted by molar-refractivity contribution is 6.30. The van der Waals surface area contributed by atoms with Gasteiger partial charge in [0.15, 0.2) is 17.3 Å². The maximum atomic E-state index is 12.7. The highest BCUT2D eigenvalue weighted by Gasteiger charge is 2.30. The summed E-state index contributed by atoms with van der Waals surface area (Å²) in [6, 6.07) is 14.4. The van der Waals surface area contributed by atoms with E-state index in [-0.39, 0.29) is 43.6 Å². The van der Waals surface area contributed by atoms with Gasteiger partial charge in [0.1, 0.15) is 18.7 Å². The first-order valence-electron chi connectivity index (χ1n) is 11.2. The summed E-state index contributed by atoms with van der Waals surface area (Å²) in [5, 5.41) is 34.7. The lowest BCUT2D eigenvalue weighted by Gasteiger charge is -2.25. The molecular formula is C24H28ClN7O4. The molecule has 0 aliphatic heterocycles. The van der Waals surface area contributed by atoms with Crippen molar-refractivity contribution in [2.75, 3.05) is 13.2 Å². The van der Waals surface area contributed by atoms with Crippen molar-refractivity contribution in [3.63, 3.8) is 0 Å². The summed E-state index contributed by atoms with van der Waals surface area (Å²) >= 11 is 6.05. The number of aromatic nitrogens is 4. The van der Waals surface area contributed by atoms with Crippen molar-refractivity contribution in [3.05, 3.63) is 64.9 Å². The standard InChI is InChI=1S/C24H28ClN7O4/c1-24(2,27)23(34)28-19(15-35-13-16-6-5-7-17(25)12-16)22-29-30-31-32(22)18(10-11-26)14-36-21-9-4-3-8-20(21)33/h3-9,12,18-19,33H,10,13-15,27H2,1-2H3,(H,28,34)/t18-,19-/m1/s1. The Bertz CT molecular complexity index is 1210. The van der Waals surface area contributed by atoms with Crippen molar-refractivity contribution in [1.29, 1.82) is 5.26 Å². The van der Waals surface area contributed by atoms with Crippen LogP contribution in [0, 0.1) is 11.3 Å². The molecule has 2 aromatic carbocycles. The van der Waals surface area contributed by atoms with E-state index in [1.54, 1.807) is 44.2 Å². The third kappa shape index (κ3) is 7.39. The number of nitrogens with one attached hydrogen (secondary N) is 1. The van der Waals surface area contributed by atoms with Gasteiger partial charge in [-0.1, -0.05) is 35.9 Å². The first-order chi connectivity index (χ1) is 17.2. The molecule has 0 unspecified atom stereocenters. The van der Waals surface area contributed by atoms with E-state index >= 15 is 0 Å². The summed E-state index contributed by atoms with van der Waals surface area (Å²) in [6.07, 6.45) is 0.0120. The molecular weight excluding hydrogens is 486 g/mol. The Morgan fingerprint density at radius 2 is 2.06 bits per heavy atom. The van der Waals surface area contributed by atoms with Gasteiger partial charge in [0.05, 0.1) is 31.2 Å². The molecule has 190 valence electrons. The second-order valence-corrected chi connectivity index (χ2v) is 9.11. The number of benzene rings is 2. The topological polar surface area (TPSA) is 161 Å². The Hall–Kier alpha value is -3.72. The second-order valence-electron chi connectivity index (χ2n) is 8.67. The summed E-state index contributed by atoms with van der Waals surface area (Å²) in [5.41, 5.74) is 5.66. The molecule has 36 heavy (non-hydrogen) atoms. The van der Waals surface area contributed by atoms with Crippen LogP contribution in [0.15, 0.2) is 48.5 Å². The number of tetrazole rings is 1. The number of nitriles is 1. The molecule has 0 bridgehead atoms. The lowest BCUT2D eigenvalue weighted by atomic mass is 10.1. The molecule has 0 aliphatic rings. The molecule has 11 nitrogen and oxygen atoms in total. The monoisotopic (exact) mass is 513 g/mol. The zero-order valence-corrected chi connectivity index (χ0v) is 20.7. The number of ether oxygens (including phenoxy) is 2. The number of aromatic hydroxyl groups is 1. The Morgan fingerprint density at radius 3 is 2.75 bits per heavy atom. The van der Waals surface area contributed by atoms with E-state index in [1.165, 1.54) is 10.7 Å². The van der Waals surface area contributed by atoms with Crippen LogP contribution in [0.1, 0.15) is 43.7 Å². The molecule has 1 aromatic heterocycles. The number of phenols is 1. The quantitative estimate of drug-likeness (QED) is 0.330. The molecule has 0 aliphatic carbocycles. The molecule has 3 aromatic rings. The molecule has 0 spiro atoms. The summed E-state index contributed by atoms with van der Waals surface area (Å²) in [7, 11) is 0. The SMILES string of the molecule is CC(C)(N)C(=O)N[C@H](COCc1cccc(Cl)c1)c1nnnn1[C@H](CC#N)COc1ccccc1O. The second kappa shape index (κ2) is 12.3. The maximum absolute atomic E-state index is 12.7. The van der Waals surface area contributed by atoms with Crippen LogP contribution in [0.2, 0.25) is 5.02 Å². The van der Waals surface area contributed by atoms with E-state index in [0.29, 0.717) is 5.02 Å². The molecule has 4 N–H and O–H groups in total. The van der Waals surface area contributed by atoms with Gasteiger partial charge in [0.25, 0.3) is 0 Å². The predicted octanol–water partition coefficient (Wildman–Crippen LogP) is 2.68. The highest BCUT2D eigenvalue weighted by atomic mass is 35.5. The van der Waals surface area contributed by atoms with Crippen LogP contribution in [0.25, 0.3) is 0 Å². The van der Waals surface area contributed by atoms with Crippen LogP contribution in [0.5, 0.6) is 11.5 Å². The number of phenolic OH excluding ortho intramolecular Hbond substituents is 1. The van der Waals surface area contributed by atoms with Crippen LogP contribution in [-0.4, -0.2) is 50.0 Å². The minimum absolute atomic E-state index is 0.00437. The minimum Gasteiger partial charge on any atom is -0.504 e. The van der Waals surface area contributed by atoms with Gasteiger partial charge >= 0.3 is 0 Å². The largest absolute Gasteiger partial charge is 0.504 e. The van der Waals surface area contributed by atoms with Crippen LogP contribution >= 0.6 is 11.6 Å². The van der Waals surface area contributed by atoms with E-state index in [2.05, 4.69) is 26.9 Å². The van der Waals surface area contributed by atoms with Crippen LogP contribution in [0.3, 0.4) is 0 Å². The summed E-state index contributed by atoms with van der Waals surface area (Å²) in [4.78, 5) is 12.7. The fourth-order valence-electron chi connectivity index (χ4n) is 3.22. The minimum atomic E-state index is -1.16. The summed E-state index contributed by atoms with van der Waals surface area (Å²) in [6.45, 7) is 3.41. The third-order valence-electron chi connectivity index (χ3n) is 5.13. The lowest BCUT2D eigenvalue weighted by Crippen LogP contribution is -2.51. The van der Waals surface area contributed by atoms with Gasteiger partial charge in [-0.2, -0.15) is 5.26 Å². The average molecular weight is 514 g/mol. The van der Waals surface area contributed by atoms with Crippen molar-refractivity contribution in [3.8, 4) is 17.6 Å². The molecule has 0 saturated carbocycles. The van der Waals surface area contributed by atoms with E-state index < -0.39 is 23.5 Å². The molecule has 0 saturated heterocycles. The number of rotatable bonds is 12. The Kier molecular flexibility index (Phi) is 9.19. The Labute approximate surface area is 213 Å². The number of para-hydroxylation sites is 2. The number of carbonyl (C=O) groups excluding carboxylic acids is 1. The number of carbonyl (C=O) groups is 1. The van der Waals surface area contributed by atoms with E-state index in [1.807, 2.05) is 12.1 Å². The lowest BCUT2D eigenvalue weighted by molar-refractivity contribution is -0.126. The van der Waals surface area contributed by atoms with Crippen molar-refractivity contribution < 1.29 is 19.4 Å². The first kappa shape index (κ1) is 26.9. The Balaban J connectivity index is 1.81. The zero-order valence-electron chi connectivity index (χ0n) is 20.0. The van der Waals surface area contributed by atoms with Crippen LogP contribution < -0.4 is 15.8 Å². The van der Waals surface area contributed by atoms with Gasteiger partial charge in [0.2, 0.25) is 5.91 Å².